The van der Waals surface area contributed by atoms with Crippen molar-refractivity contribution in [2.24, 2.45) is 0 Å². The number of nitrogens with one attached hydrogen (secondary N) is 1. The van der Waals surface area contributed by atoms with Gasteiger partial charge in [-0.1, -0.05) is 6.92 Å². The summed E-state index contributed by atoms with van der Waals surface area (Å²) in [5.41, 5.74) is 0.604. The Balaban J connectivity index is 2.92. The van der Waals surface area contributed by atoms with Crippen molar-refractivity contribution < 1.29 is 19.0 Å². The van der Waals surface area contributed by atoms with E-state index in [1.807, 2.05) is 0 Å². The number of rotatable bonds is 6. The molecule has 0 aliphatic heterocycles. The average molecular weight is 241 g/mol. The van der Waals surface area contributed by atoms with E-state index in [-0.39, 0.29) is 5.82 Å². The minimum Gasteiger partial charge on any atom is -0.479 e. The van der Waals surface area contributed by atoms with Gasteiger partial charge in [-0.2, -0.15) is 0 Å². The molecule has 0 saturated carbocycles. The lowest BCUT2D eigenvalue weighted by molar-refractivity contribution is -0.145. The lowest BCUT2D eigenvalue weighted by Gasteiger charge is -2.16. The fraction of sp³-hybridized carbons (Fsp3) is 0.417. The second-order valence-electron chi connectivity index (χ2n) is 3.64. The highest BCUT2D eigenvalue weighted by Gasteiger charge is 2.18. The first-order chi connectivity index (χ1) is 8.08. The van der Waals surface area contributed by atoms with Gasteiger partial charge in [0.15, 0.2) is 6.10 Å². The molecule has 1 unspecified atom stereocenters. The van der Waals surface area contributed by atoms with E-state index >= 15 is 0 Å². The number of ether oxygens (including phenoxy) is 1. The summed E-state index contributed by atoms with van der Waals surface area (Å²) in [5.74, 6) is -0.992. The third-order valence-electron chi connectivity index (χ3n) is 2.31. The van der Waals surface area contributed by atoms with Crippen molar-refractivity contribution in [2.45, 2.75) is 26.0 Å². The van der Waals surface area contributed by atoms with E-state index in [1.54, 1.807) is 14.0 Å². The summed E-state index contributed by atoms with van der Waals surface area (Å²) in [7, 11) is 1.73. The molecule has 1 rings (SSSR count). The largest absolute Gasteiger partial charge is 0.479 e. The first kappa shape index (κ1) is 13.4. The minimum absolute atomic E-state index is 0.353. The molecule has 1 aromatic carbocycles. The van der Waals surface area contributed by atoms with Crippen LogP contribution in [0.4, 0.5) is 4.39 Å². The van der Waals surface area contributed by atoms with Gasteiger partial charge in [0.2, 0.25) is 0 Å². The molecule has 0 amide bonds. The quantitative estimate of drug-likeness (QED) is 0.797. The second-order valence-corrected chi connectivity index (χ2v) is 3.64. The molecule has 0 aromatic heterocycles. The number of benzene rings is 1. The predicted octanol–water partition coefficient (Wildman–Crippen LogP) is 1.79. The minimum atomic E-state index is -1.02. The molecule has 0 saturated heterocycles. The van der Waals surface area contributed by atoms with Gasteiger partial charge < -0.3 is 15.2 Å². The Bertz CT molecular complexity index is 395. The van der Waals surface area contributed by atoms with Gasteiger partial charge in [-0.25, -0.2) is 9.18 Å². The van der Waals surface area contributed by atoms with Gasteiger partial charge in [-0.15, -0.1) is 0 Å². The number of carbonyl (C=O) groups is 1. The van der Waals surface area contributed by atoms with E-state index in [0.29, 0.717) is 24.3 Å². The van der Waals surface area contributed by atoms with Crippen molar-refractivity contribution in [3.05, 3.63) is 29.6 Å². The molecule has 0 aliphatic carbocycles. The summed E-state index contributed by atoms with van der Waals surface area (Å²) in [6.07, 6.45) is -0.554. The number of hydrogen-bond donors (Lipinski definition) is 2. The van der Waals surface area contributed by atoms with Crippen molar-refractivity contribution >= 4 is 5.97 Å². The smallest absolute Gasteiger partial charge is 0.344 e. The van der Waals surface area contributed by atoms with Gasteiger partial charge in [0.25, 0.3) is 0 Å². The Kier molecular flexibility index (Phi) is 4.90. The summed E-state index contributed by atoms with van der Waals surface area (Å²) in [5, 5.41) is 11.8. The van der Waals surface area contributed by atoms with Crippen LogP contribution in [0.1, 0.15) is 18.9 Å². The summed E-state index contributed by atoms with van der Waals surface area (Å²) in [4.78, 5) is 10.9. The van der Waals surface area contributed by atoms with Crippen molar-refractivity contribution in [2.75, 3.05) is 7.05 Å². The van der Waals surface area contributed by atoms with Crippen molar-refractivity contribution in [3.63, 3.8) is 0 Å². The van der Waals surface area contributed by atoms with Crippen LogP contribution < -0.4 is 10.1 Å². The highest BCUT2D eigenvalue weighted by atomic mass is 19.1. The number of hydrogen-bond acceptors (Lipinski definition) is 3. The number of carboxylic acids is 1. The van der Waals surface area contributed by atoms with Crippen molar-refractivity contribution in [1.82, 2.24) is 5.32 Å². The van der Waals surface area contributed by atoms with Crippen LogP contribution in [0.3, 0.4) is 0 Å². The Morgan fingerprint density at radius 3 is 2.82 bits per heavy atom. The number of carboxylic acid groups (broad SMARTS) is 1. The van der Waals surface area contributed by atoms with Gasteiger partial charge in [-0.3, -0.25) is 0 Å². The molecule has 0 heterocycles. The maximum absolute atomic E-state index is 13.0. The Morgan fingerprint density at radius 2 is 2.29 bits per heavy atom. The van der Waals surface area contributed by atoms with E-state index in [1.165, 1.54) is 18.2 Å². The average Bonchev–Trinajstić information content (AvgIpc) is 2.28. The lowest BCUT2D eigenvalue weighted by Crippen LogP contribution is -2.26. The molecule has 1 atom stereocenters. The number of halogens is 1. The fourth-order valence-corrected chi connectivity index (χ4v) is 1.45. The van der Waals surface area contributed by atoms with Crippen LogP contribution in [0.5, 0.6) is 5.75 Å². The lowest BCUT2D eigenvalue weighted by atomic mass is 10.2. The topological polar surface area (TPSA) is 58.6 Å². The summed E-state index contributed by atoms with van der Waals surface area (Å²) in [6, 6.07) is 4.04. The molecule has 17 heavy (non-hydrogen) atoms. The molecular formula is C12H16FNO3. The Hall–Kier alpha value is -1.62. The molecule has 5 heteroatoms. The van der Waals surface area contributed by atoms with Crippen LogP contribution in [0.25, 0.3) is 0 Å². The van der Waals surface area contributed by atoms with E-state index < -0.39 is 12.1 Å². The van der Waals surface area contributed by atoms with Gasteiger partial charge in [-0.05, 0) is 31.7 Å². The molecule has 0 spiro atoms. The van der Waals surface area contributed by atoms with Gasteiger partial charge in [0, 0.05) is 12.1 Å². The van der Waals surface area contributed by atoms with Crippen LogP contribution in [0.15, 0.2) is 18.2 Å². The zero-order valence-electron chi connectivity index (χ0n) is 9.87. The normalized spacial score (nSPS) is 12.2. The standard InChI is InChI=1S/C12H16FNO3/c1-3-10(12(15)16)17-11-5-4-9(13)6-8(11)7-14-2/h4-6,10,14H,3,7H2,1-2H3,(H,15,16). The molecular weight excluding hydrogens is 225 g/mol. The molecule has 0 bridgehead atoms. The molecule has 0 aliphatic rings. The van der Waals surface area contributed by atoms with Crippen LogP contribution in [0, 0.1) is 5.82 Å². The Morgan fingerprint density at radius 1 is 1.59 bits per heavy atom. The summed E-state index contributed by atoms with van der Waals surface area (Å²) >= 11 is 0. The monoisotopic (exact) mass is 241 g/mol. The van der Waals surface area contributed by atoms with E-state index in [9.17, 15) is 9.18 Å². The van der Waals surface area contributed by atoms with Crippen molar-refractivity contribution in [1.29, 1.82) is 0 Å². The third kappa shape index (κ3) is 3.71. The Labute approximate surface area is 99.4 Å². The van der Waals surface area contributed by atoms with Crippen LogP contribution in [-0.4, -0.2) is 24.2 Å². The van der Waals surface area contributed by atoms with Crippen LogP contribution in [0.2, 0.25) is 0 Å². The highest BCUT2D eigenvalue weighted by molar-refractivity contribution is 5.72. The van der Waals surface area contributed by atoms with Gasteiger partial charge >= 0.3 is 5.97 Å². The summed E-state index contributed by atoms with van der Waals surface area (Å²) < 4.78 is 18.4. The summed E-state index contributed by atoms with van der Waals surface area (Å²) in [6.45, 7) is 2.14. The zero-order chi connectivity index (χ0) is 12.8. The third-order valence-corrected chi connectivity index (χ3v) is 2.31. The molecule has 0 radical (unpaired) electrons. The molecule has 4 nitrogen and oxygen atoms in total. The fourth-order valence-electron chi connectivity index (χ4n) is 1.45. The second kappa shape index (κ2) is 6.20. The zero-order valence-corrected chi connectivity index (χ0v) is 9.87. The SMILES string of the molecule is CCC(Oc1ccc(F)cc1CNC)C(=O)O. The van der Waals surface area contributed by atoms with E-state index in [4.69, 9.17) is 9.84 Å². The maximum atomic E-state index is 13.0. The van der Waals surface area contributed by atoms with Crippen LogP contribution in [-0.2, 0) is 11.3 Å². The predicted molar refractivity (Wildman–Crippen MR) is 61.5 cm³/mol. The highest BCUT2D eigenvalue weighted by Crippen LogP contribution is 2.21. The van der Waals surface area contributed by atoms with Crippen molar-refractivity contribution in [3.8, 4) is 5.75 Å². The van der Waals surface area contributed by atoms with Gasteiger partial charge in [0.05, 0.1) is 0 Å². The van der Waals surface area contributed by atoms with E-state index in [2.05, 4.69) is 5.32 Å². The molecule has 2 N–H and O–H groups in total. The number of aliphatic carboxylic acids is 1. The first-order valence-corrected chi connectivity index (χ1v) is 5.41. The van der Waals surface area contributed by atoms with Crippen LogP contribution >= 0.6 is 0 Å². The van der Waals surface area contributed by atoms with Gasteiger partial charge in [0.1, 0.15) is 11.6 Å². The maximum Gasteiger partial charge on any atom is 0.344 e. The molecule has 0 fully saturated rings. The first-order valence-electron chi connectivity index (χ1n) is 5.41. The molecule has 1 aromatic rings. The molecule has 94 valence electrons. The van der Waals surface area contributed by atoms with E-state index in [0.717, 1.165) is 0 Å².